The van der Waals surface area contributed by atoms with E-state index < -0.39 is 0 Å². The van der Waals surface area contributed by atoms with E-state index in [0.717, 1.165) is 6.42 Å². The van der Waals surface area contributed by atoms with Gasteiger partial charge in [-0.1, -0.05) is 12.2 Å². The Morgan fingerprint density at radius 1 is 1.56 bits per heavy atom. The number of fused-ring (bicyclic) bond motifs is 2. The minimum Gasteiger partial charge on any atom is -0.198 e. The highest BCUT2D eigenvalue weighted by molar-refractivity contribution is 8.01. The molecule has 2 aliphatic heterocycles. The minimum absolute atomic E-state index is 0.310. The predicted octanol–water partition coefficient (Wildman–Crippen LogP) is 1.57. The maximum atomic E-state index is 8.59. The van der Waals surface area contributed by atoms with Crippen LogP contribution in [0.3, 0.4) is 0 Å². The molecule has 3 atom stereocenters. The lowest BCUT2D eigenvalue weighted by Gasteiger charge is -2.05. The van der Waals surface area contributed by atoms with Gasteiger partial charge in [0, 0.05) is 10.5 Å². The summed E-state index contributed by atoms with van der Waals surface area (Å²) in [5, 5.41) is 9.78. The second-order valence-electron chi connectivity index (χ2n) is 2.50. The molecule has 0 aromatic heterocycles. The summed E-state index contributed by atoms with van der Waals surface area (Å²) in [7, 11) is 0. The van der Waals surface area contributed by atoms with E-state index >= 15 is 0 Å². The molecule has 0 N–H and O–H groups in total. The Kier molecular flexibility index (Phi) is 1.06. The fourth-order valence-corrected chi connectivity index (χ4v) is 2.85. The topological polar surface area (TPSA) is 23.8 Å². The highest BCUT2D eigenvalue weighted by Crippen LogP contribution is 2.44. The van der Waals surface area contributed by atoms with Gasteiger partial charge in [0.25, 0.3) is 0 Å². The Morgan fingerprint density at radius 3 is 2.78 bits per heavy atom. The molecular weight excluding hydrogens is 130 g/mol. The van der Waals surface area contributed by atoms with Gasteiger partial charge in [-0.3, -0.25) is 0 Å². The highest BCUT2D eigenvalue weighted by atomic mass is 32.2. The van der Waals surface area contributed by atoms with E-state index in [1.165, 1.54) is 0 Å². The van der Waals surface area contributed by atoms with Crippen LogP contribution in [0, 0.1) is 17.2 Å². The fourth-order valence-electron chi connectivity index (χ4n) is 1.40. The van der Waals surface area contributed by atoms with Crippen LogP contribution in [-0.4, -0.2) is 10.5 Å². The van der Waals surface area contributed by atoms with E-state index in [1.54, 1.807) is 0 Å². The van der Waals surface area contributed by atoms with Crippen LogP contribution in [0.15, 0.2) is 12.2 Å². The largest absolute Gasteiger partial charge is 0.198 e. The molecule has 0 unspecified atom stereocenters. The molecule has 0 radical (unpaired) electrons. The maximum Gasteiger partial charge on any atom is 0.0671 e. The van der Waals surface area contributed by atoms with E-state index in [9.17, 15) is 0 Å². The lowest BCUT2D eigenvalue weighted by molar-refractivity contribution is 0.656. The van der Waals surface area contributed by atoms with Gasteiger partial charge < -0.3 is 0 Å². The number of rotatable bonds is 0. The smallest absolute Gasteiger partial charge is 0.0671 e. The predicted molar refractivity (Wildman–Crippen MR) is 38.0 cm³/mol. The molecular formula is C7H7NS. The second kappa shape index (κ2) is 1.78. The Hall–Kier alpha value is -0.420. The van der Waals surface area contributed by atoms with Gasteiger partial charge in [0.05, 0.1) is 12.0 Å². The Balaban J connectivity index is 2.22. The molecule has 1 nitrogen and oxygen atoms in total. The average Bonchev–Trinajstić information content (AvgIpc) is 2.45. The summed E-state index contributed by atoms with van der Waals surface area (Å²) in [6, 6.07) is 2.32. The lowest BCUT2D eigenvalue weighted by Crippen LogP contribution is -2.08. The molecule has 0 aliphatic carbocycles. The van der Waals surface area contributed by atoms with Gasteiger partial charge in [-0.15, -0.1) is 11.8 Å². The first-order valence-corrected chi connectivity index (χ1v) is 4.08. The van der Waals surface area contributed by atoms with Crippen LogP contribution >= 0.6 is 11.8 Å². The summed E-state index contributed by atoms with van der Waals surface area (Å²) < 4.78 is 0. The summed E-state index contributed by atoms with van der Waals surface area (Å²) in [6.45, 7) is 0. The van der Waals surface area contributed by atoms with E-state index in [2.05, 4.69) is 18.2 Å². The third-order valence-corrected chi connectivity index (χ3v) is 3.40. The Bertz CT molecular complexity index is 192. The van der Waals surface area contributed by atoms with Crippen LogP contribution < -0.4 is 0 Å². The molecule has 2 rings (SSSR count). The van der Waals surface area contributed by atoms with Crippen molar-refractivity contribution in [3.63, 3.8) is 0 Å². The zero-order chi connectivity index (χ0) is 6.27. The Labute approximate surface area is 58.7 Å². The molecule has 2 bridgehead atoms. The average molecular weight is 137 g/mol. The highest BCUT2D eigenvalue weighted by Gasteiger charge is 2.36. The van der Waals surface area contributed by atoms with Crippen molar-refractivity contribution in [2.45, 2.75) is 16.9 Å². The van der Waals surface area contributed by atoms with Crippen LogP contribution in [-0.2, 0) is 0 Å². The zero-order valence-corrected chi connectivity index (χ0v) is 5.77. The van der Waals surface area contributed by atoms with Crippen LogP contribution in [0.5, 0.6) is 0 Å². The van der Waals surface area contributed by atoms with Gasteiger partial charge in [0.2, 0.25) is 0 Å². The molecule has 0 amide bonds. The summed E-state index contributed by atoms with van der Waals surface area (Å²) in [5.74, 6) is 0.310. The summed E-state index contributed by atoms with van der Waals surface area (Å²) in [5.41, 5.74) is 0. The quantitative estimate of drug-likeness (QED) is 0.473. The third-order valence-electron chi connectivity index (χ3n) is 1.90. The Morgan fingerprint density at radius 2 is 2.44 bits per heavy atom. The molecule has 46 valence electrons. The molecule has 2 aliphatic rings. The summed E-state index contributed by atoms with van der Waals surface area (Å²) in [4.78, 5) is 0. The van der Waals surface area contributed by atoms with Crippen LogP contribution in [0.4, 0.5) is 0 Å². The van der Waals surface area contributed by atoms with Crippen molar-refractivity contribution in [3.05, 3.63) is 12.2 Å². The standard InChI is InChI=1S/C7H7NS/c8-4-5-3-6-1-2-7(5)9-6/h1-2,5-7H,3H2/t5-,6+,7-/m0/s1. The van der Waals surface area contributed by atoms with Gasteiger partial charge in [-0.25, -0.2) is 0 Å². The van der Waals surface area contributed by atoms with Gasteiger partial charge >= 0.3 is 0 Å². The lowest BCUT2D eigenvalue weighted by atomic mass is 9.96. The first kappa shape index (κ1) is 5.37. The maximum absolute atomic E-state index is 8.59. The number of hydrogen-bond acceptors (Lipinski definition) is 2. The van der Waals surface area contributed by atoms with Gasteiger partial charge in [-0.2, -0.15) is 5.26 Å². The van der Waals surface area contributed by atoms with Crippen molar-refractivity contribution >= 4 is 11.8 Å². The summed E-state index contributed by atoms with van der Waals surface area (Å²) >= 11 is 1.93. The monoisotopic (exact) mass is 137 g/mol. The van der Waals surface area contributed by atoms with Crippen molar-refractivity contribution < 1.29 is 0 Å². The third kappa shape index (κ3) is 0.684. The van der Waals surface area contributed by atoms with Crippen molar-refractivity contribution in [1.82, 2.24) is 0 Å². The zero-order valence-electron chi connectivity index (χ0n) is 4.95. The molecule has 0 spiro atoms. The second-order valence-corrected chi connectivity index (χ2v) is 3.92. The minimum atomic E-state index is 0.310. The van der Waals surface area contributed by atoms with Crippen LogP contribution in [0.25, 0.3) is 0 Å². The molecule has 1 saturated heterocycles. The van der Waals surface area contributed by atoms with Crippen molar-refractivity contribution in [3.8, 4) is 6.07 Å². The number of thioether (sulfide) groups is 1. The van der Waals surface area contributed by atoms with Crippen molar-refractivity contribution in [2.75, 3.05) is 0 Å². The fraction of sp³-hybridized carbons (Fsp3) is 0.571. The van der Waals surface area contributed by atoms with E-state index in [1.807, 2.05) is 11.8 Å². The van der Waals surface area contributed by atoms with Crippen molar-refractivity contribution in [2.24, 2.45) is 5.92 Å². The van der Waals surface area contributed by atoms with E-state index in [4.69, 9.17) is 5.26 Å². The molecule has 0 aromatic carbocycles. The number of nitrogens with zero attached hydrogens (tertiary/aromatic N) is 1. The van der Waals surface area contributed by atoms with Crippen LogP contribution in [0.1, 0.15) is 6.42 Å². The molecule has 2 heteroatoms. The molecule has 9 heavy (non-hydrogen) atoms. The number of nitriles is 1. The van der Waals surface area contributed by atoms with Gasteiger partial charge in [0.15, 0.2) is 0 Å². The molecule has 2 heterocycles. The van der Waals surface area contributed by atoms with Gasteiger partial charge in [-0.05, 0) is 6.42 Å². The number of hydrogen-bond donors (Lipinski definition) is 0. The van der Waals surface area contributed by atoms with Crippen LogP contribution in [0.2, 0.25) is 0 Å². The van der Waals surface area contributed by atoms with Gasteiger partial charge in [0.1, 0.15) is 0 Å². The molecule has 0 aromatic rings. The summed E-state index contributed by atoms with van der Waals surface area (Å²) in [6.07, 6.45) is 5.48. The first-order valence-electron chi connectivity index (χ1n) is 3.13. The van der Waals surface area contributed by atoms with E-state index in [0.29, 0.717) is 16.4 Å². The normalized spacial score (nSPS) is 45.4. The SMILES string of the molecule is N#C[C@@H]1C[C@H]2C=C[C@@H]1S2. The first-order chi connectivity index (χ1) is 4.40. The van der Waals surface area contributed by atoms with Crippen molar-refractivity contribution in [1.29, 1.82) is 5.26 Å². The molecule has 1 fully saturated rings. The van der Waals surface area contributed by atoms with E-state index in [-0.39, 0.29) is 0 Å². The molecule has 0 saturated carbocycles.